The lowest BCUT2D eigenvalue weighted by Crippen LogP contribution is -2.55. The van der Waals surface area contributed by atoms with Crippen LogP contribution in [0, 0.1) is 0 Å². The number of unbranched alkanes of at least 4 members (excludes halogenated alkanes) is 18. The van der Waals surface area contributed by atoms with Gasteiger partial charge in [0.25, 0.3) is 0 Å². The molecule has 0 radical (unpaired) electrons. The third-order valence-corrected chi connectivity index (χ3v) is 9.49. The van der Waals surface area contributed by atoms with E-state index in [4.69, 9.17) is 14.2 Å². The quantitative estimate of drug-likeness (QED) is 0.0267. The van der Waals surface area contributed by atoms with Gasteiger partial charge >= 0.3 is 11.9 Å². The highest BCUT2D eigenvalue weighted by Gasteiger charge is 2.25. The lowest BCUT2D eigenvalue weighted by atomic mass is 10.1. The molecule has 0 spiro atoms. The van der Waals surface area contributed by atoms with Crippen molar-refractivity contribution in [2.24, 2.45) is 0 Å². The van der Waals surface area contributed by atoms with Gasteiger partial charge in [0, 0.05) is 19.3 Å². The minimum atomic E-state index is -1.13. The highest BCUT2D eigenvalue weighted by molar-refractivity contribution is 5.70. The van der Waals surface area contributed by atoms with Gasteiger partial charge in [-0.05, 0) is 64.2 Å². The number of nitrogens with zero attached hydrogens (tertiary/aromatic N) is 1. The lowest BCUT2D eigenvalue weighted by molar-refractivity contribution is -0.889. The van der Waals surface area contributed by atoms with Gasteiger partial charge in [-0.2, -0.15) is 0 Å². The number of hydrogen-bond donors (Lipinski definition) is 0. The summed E-state index contributed by atoms with van der Waals surface area (Å²) in [6.45, 7) is 4.57. The molecule has 0 heterocycles. The monoisotopic (exact) mass is 760 g/mol. The number of hydrogen-bond acceptors (Lipinski definition) is 7. The second-order valence-electron chi connectivity index (χ2n) is 15.6. The average molecular weight is 760 g/mol. The van der Waals surface area contributed by atoms with Crippen LogP contribution in [0.15, 0.2) is 48.6 Å². The Morgan fingerprint density at radius 1 is 0.556 bits per heavy atom. The summed E-state index contributed by atoms with van der Waals surface area (Å²) in [6, 6.07) is -0.730. The molecule has 0 fully saturated rings. The molecule has 2 atom stereocenters. The van der Waals surface area contributed by atoms with Crippen LogP contribution in [0.3, 0.4) is 0 Å². The van der Waals surface area contributed by atoms with Crippen molar-refractivity contribution in [2.45, 2.75) is 187 Å². The molecule has 0 aromatic rings. The molecule has 2 unspecified atom stereocenters. The fourth-order valence-electron chi connectivity index (χ4n) is 6.05. The Labute approximate surface area is 331 Å². The van der Waals surface area contributed by atoms with Crippen LogP contribution in [0.4, 0.5) is 0 Å². The van der Waals surface area contributed by atoms with Crippen LogP contribution in [0.1, 0.15) is 174 Å². The Balaban J connectivity index is 4.40. The Morgan fingerprint density at radius 3 is 1.39 bits per heavy atom. The van der Waals surface area contributed by atoms with E-state index < -0.39 is 18.1 Å². The number of aliphatic carboxylic acids is 1. The van der Waals surface area contributed by atoms with Crippen molar-refractivity contribution in [3.63, 3.8) is 0 Å². The van der Waals surface area contributed by atoms with Crippen molar-refractivity contribution >= 4 is 17.9 Å². The van der Waals surface area contributed by atoms with Gasteiger partial charge in [0.05, 0.1) is 40.3 Å². The summed E-state index contributed by atoms with van der Waals surface area (Å²) in [4.78, 5) is 36.8. The minimum absolute atomic E-state index is 0.0312. The molecule has 0 aliphatic rings. The van der Waals surface area contributed by atoms with Crippen molar-refractivity contribution < 1.29 is 38.2 Å². The maximum Gasteiger partial charge on any atom is 0.306 e. The molecule has 0 aliphatic carbocycles. The molecule has 0 aromatic carbocycles. The van der Waals surface area contributed by atoms with Gasteiger partial charge in [0.1, 0.15) is 12.6 Å². The predicted octanol–water partition coefficient (Wildman–Crippen LogP) is 10.3. The van der Waals surface area contributed by atoms with Crippen LogP contribution < -0.4 is 5.11 Å². The zero-order valence-electron chi connectivity index (χ0n) is 35.4. The van der Waals surface area contributed by atoms with E-state index in [-0.39, 0.29) is 42.7 Å². The van der Waals surface area contributed by atoms with E-state index in [1.165, 1.54) is 64.2 Å². The minimum Gasteiger partial charge on any atom is -0.544 e. The van der Waals surface area contributed by atoms with E-state index in [0.717, 1.165) is 77.0 Å². The molecule has 8 nitrogen and oxygen atoms in total. The van der Waals surface area contributed by atoms with Crippen LogP contribution in [0.2, 0.25) is 0 Å². The Hall–Kier alpha value is -2.71. The number of allylic oxidation sites excluding steroid dienone is 8. The van der Waals surface area contributed by atoms with Crippen LogP contribution in [-0.4, -0.2) is 75.5 Å². The van der Waals surface area contributed by atoms with Crippen molar-refractivity contribution in [1.29, 1.82) is 0 Å². The third kappa shape index (κ3) is 35.0. The van der Waals surface area contributed by atoms with Crippen molar-refractivity contribution in [3.8, 4) is 0 Å². The topological polar surface area (TPSA) is 102 Å². The molecule has 0 rings (SSSR count). The zero-order chi connectivity index (χ0) is 40.0. The highest BCUT2D eigenvalue weighted by atomic mass is 16.6. The second-order valence-corrected chi connectivity index (χ2v) is 15.6. The van der Waals surface area contributed by atoms with E-state index in [1.54, 1.807) is 21.1 Å². The van der Waals surface area contributed by atoms with Gasteiger partial charge in [0.15, 0.2) is 6.10 Å². The summed E-state index contributed by atoms with van der Waals surface area (Å²) in [6.07, 6.45) is 42.7. The highest BCUT2D eigenvalue weighted by Crippen LogP contribution is 2.13. The zero-order valence-corrected chi connectivity index (χ0v) is 35.4. The van der Waals surface area contributed by atoms with Crippen molar-refractivity contribution in [2.75, 3.05) is 41.0 Å². The summed E-state index contributed by atoms with van der Waals surface area (Å²) < 4.78 is 17.1. The van der Waals surface area contributed by atoms with Crippen LogP contribution in [-0.2, 0) is 28.6 Å². The van der Waals surface area contributed by atoms with Gasteiger partial charge in [-0.1, -0.05) is 140 Å². The lowest BCUT2D eigenvalue weighted by Gasteiger charge is -2.34. The predicted molar refractivity (Wildman–Crippen MR) is 222 cm³/mol. The van der Waals surface area contributed by atoms with Gasteiger partial charge < -0.3 is 28.6 Å². The third-order valence-electron chi connectivity index (χ3n) is 9.49. The molecule has 312 valence electrons. The SMILES string of the molecule is CCCCC/C=C/C=C/CCCCCCCCC(=O)OCC(COCCC(C(=O)[O-])[N+](C)(C)C)OC(=O)CCCCCCCC/C=C/C=C/CCCCC. The summed E-state index contributed by atoms with van der Waals surface area (Å²) in [7, 11) is 5.39. The van der Waals surface area contributed by atoms with Gasteiger partial charge in [-0.25, -0.2) is 0 Å². The van der Waals surface area contributed by atoms with Crippen LogP contribution in [0.5, 0.6) is 0 Å². The fraction of sp³-hybridized carbons (Fsp3) is 0.761. The average Bonchev–Trinajstić information content (AvgIpc) is 3.12. The molecule has 8 heteroatoms. The summed E-state index contributed by atoms with van der Waals surface area (Å²) in [5.74, 6) is -1.77. The molecule has 0 N–H and O–H groups in total. The van der Waals surface area contributed by atoms with Crippen LogP contribution >= 0.6 is 0 Å². The number of carboxylic acid groups (broad SMARTS) is 1. The molecule has 0 saturated carbocycles. The molecule has 0 aromatic heterocycles. The molecule has 0 amide bonds. The first-order chi connectivity index (χ1) is 26.1. The first-order valence-corrected chi connectivity index (χ1v) is 21.7. The van der Waals surface area contributed by atoms with Crippen molar-refractivity contribution in [1.82, 2.24) is 0 Å². The number of carbonyl (C=O) groups excluding carboxylic acids is 3. The smallest absolute Gasteiger partial charge is 0.306 e. The first kappa shape index (κ1) is 51.3. The maximum absolute atomic E-state index is 12.7. The molecule has 0 saturated heterocycles. The van der Waals surface area contributed by atoms with Gasteiger partial charge in [-0.3, -0.25) is 9.59 Å². The standard InChI is InChI=1S/C46H81NO7/c1-6-8-10-12-14-16-18-20-22-24-26-28-30-32-34-36-44(48)53-41-42(40-52-39-38-43(46(50)51)47(3,4)5)54-45(49)37-35-33-31-29-27-25-23-21-19-17-15-13-11-9-7-2/h14-21,42-43H,6-13,22-41H2,1-5H3/b16-14+,17-15+,20-18+,21-19+. The van der Waals surface area contributed by atoms with E-state index in [9.17, 15) is 19.5 Å². The second kappa shape index (κ2) is 37.2. The Kier molecular flexibility index (Phi) is 35.4. The number of likely N-dealkylation sites (N-methyl/N-ethyl adjacent to an activating group) is 1. The Bertz CT molecular complexity index is 1030. The first-order valence-electron chi connectivity index (χ1n) is 21.7. The van der Waals surface area contributed by atoms with E-state index in [1.807, 2.05) is 0 Å². The van der Waals surface area contributed by atoms with Crippen LogP contribution in [0.25, 0.3) is 0 Å². The number of ether oxygens (including phenoxy) is 3. The number of carboxylic acids is 1. The molecule has 54 heavy (non-hydrogen) atoms. The molecule has 0 bridgehead atoms. The van der Waals surface area contributed by atoms with Gasteiger partial charge in [0.2, 0.25) is 0 Å². The number of rotatable bonds is 38. The number of esters is 2. The van der Waals surface area contributed by atoms with Crippen molar-refractivity contribution in [3.05, 3.63) is 48.6 Å². The summed E-state index contributed by atoms with van der Waals surface area (Å²) in [5, 5.41) is 11.6. The van der Waals surface area contributed by atoms with Gasteiger partial charge in [-0.15, -0.1) is 0 Å². The molecular weight excluding hydrogens is 679 g/mol. The molecular formula is C46H81NO7. The Morgan fingerprint density at radius 2 is 0.963 bits per heavy atom. The number of quaternary nitrogens is 1. The largest absolute Gasteiger partial charge is 0.544 e. The van der Waals surface area contributed by atoms with E-state index in [2.05, 4.69) is 62.5 Å². The maximum atomic E-state index is 12.7. The summed E-state index contributed by atoms with van der Waals surface area (Å²) >= 11 is 0. The van der Waals surface area contributed by atoms with E-state index >= 15 is 0 Å². The van der Waals surface area contributed by atoms with E-state index in [0.29, 0.717) is 12.8 Å². The number of carbonyl (C=O) groups is 3. The summed E-state index contributed by atoms with van der Waals surface area (Å²) in [5.41, 5.74) is 0. The molecule has 0 aliphatic heterocycles. The normalized spacial score (nSPS) is 13.4. The fourth-order valence-corrected chi connectivity index (χ4v) is 6.05.